The summed E-state index contributed by atoms with van der Waals surface area (Å²) in [7, 11) is 1.62. The van der Waals surface area contributed by atoms with Crippen LogP contribution in [-0.2, 0) is 11.2 Å². The largest absolute Gasteiger partial charge is 0.481 e. The number of carbonyl (C=O) groups excluding carboxylic acids is 1. The third kappa shape index (κ3) is 5.55. The number of piperidine rings is 1. The molecule has 1 saturated heterocycles. The van der Waals surface area contributed by atoms with Crippen LogP contribution in [0.15, 0.2) is 24.4 Å². The Morgan fingerprint density at radius 1 is 1.25 bits per heavy atom. The van der Waals surface area contributed by atoms with Gasteiger partial charge in [-0.3, -0.25) is 4.98 Å². The van der Waals surface area contributed by atoms with Crippen LogP contribution < -0.4 is 10.1 Å². The highest BCUT2D eigenvalue weighted by atomic mass is 16.6. The van der Waals surface area contributed by atoms with Crippen LogP contribution in [0, 0.1) is 0 Å². The standard InChI is InChI=1S/C21H30N4O3/c1-21(2,3)28-20(26)23-16-9-13-25(14-10-16)12-8-15-7-11-22-17-5-6-18(27-4)24-19(15)17/h5-7,11,16H,8-10,12-14H2,1-4H3,(H,23,26). The third-order valence-corrected chi connectivity index (χ3v) is 4.86. The molecule has 0 spiro atoms. The van der Waals surface area contributed by atoms with Crippen molar-refractivity contribution in [3.63, 3.8) is 0 Å². The van der Waals surface area contributed by atoms with Crippen LogP contribution >= 0.6 is 0 Å². The van der Waals surface area contributed by atoms with Crippen molar-refractivity contribution in [2.24, 2.45) is 0 Å². The van der Waals surface area contributed by atoms with Crippen molar-refractivity contribution in [2.45, 2.75) is 51.7 Å². The Morgan fingerprint density at radius 3 is 2.68 bits per heavy atom. The molecule has 0 saturated carbocycles. The van der Waals surface area contributed by atoms with Crippen molar-refractivity contribution in [3.05, 3.63) is 30.0 Å². The molecule has 1 aliphatic heterocycles. The van der Waals surface area contributed by atoms with Gasteiger partial charge in [0, 0.05) is 37.9 Å². The summed E-state index contributed by atoms with van der Waals surface area (Å²) in [5, 5.41) is 2.99. The molecular weight excluding hydrogens is 356 g/mol. The number of nitrogens with one attached hydrogen (secondary N) is 1. The zero-order valence-electron chi connectivity index (χ0n) is 17.2. The predicted octanol–water partition coefficient (Wildman–Crippen LogP) is 3.17. The molecular formula is C21H30N4O3. The van der Waals surface area contributed by atoms with E-state index in [4.69, 9.17) is 9.47 Å². The molecule has 3 rings (SSSR count). The van der Waals surface area contributed by atoms with Gasteiger partial charge in [-0.1, -0.05) is 0 Å². The van der Waals surface area contributed by atoms with Gasteiger partial charge in [-0.2, -0.15) is 0 Å². The zero-order chi connectivity index (χ0) is 20.1. The van der Waals surface area contributed by atoms with Crippen LogP contribution in [-0.4, -0.2) is 59.3 Å². The van der Waals surface area contributed by atoms with Gasteiger partial charge in [0.25, 0.3) is 0 Å². The molecule has 1 N–H and O–H groups in total. The number of hydrogen-bond donors (Lipinski definition) is 1. The summed E-state index contributed by atoms with van der Waals surface area (Å²) >= 11 is 0. The van der Waals surface area contributed by atoms with Crippen LogP contribution in [0.5, 0.6) is 5.88 Å². The number of hydrogen-bond acceptors (Lipinski definition) is 6. The first-order chi connectivity index (χ1) is 13.3. The van der Waals surface area contributed by atoms with Gasteiger partial charge >= 0.3 is 6.09 Å². The SMILES string of the molecule is COc1ccc2nccc(CCN3CCC(NC(=O)OC(C)(C)C)CC3)c2n1. The smallest absolute Gasteiger partial charge is 0.407 e. The summed E-state index contributed by atoms with van der Waals surface area (Å²) in [5.41, 5.74) is 2.51. The van der Waals surface area contributed by atoms with Crippen molar-refractivity contribution >= 4 is 17.1 Å². The Bertz CT molecular complexity index is 811. The zero-order valence-corrected chi connectivity index (χ0v) is 17.2. The van der Waals surface area contributed by atoms with Crippen LogP contribution in [0.25, 0.3) is 11.0 Å². The Labute approximate surface area is 166 Å². The van der Waals surface area contributed by atoms with E-state index in [0.717, 1.165) is 49.9 Å². The monoisotopic (exact) mass is 386 g/mol. The lowest BCUT2D eigenvalue weighted by atomic mass is 10.0. The molecule has 0 aromatic carbocycles. The molecule has 0 unspecified atom stereocenters. The number of alkyl carbamates (subject to hydrolysis) is 1. The van der Waals surface area contributed by atoms with Gasteiger partial charge < -0.3 is 19.7 Å². The molecule has 3 heterocycles. The molecule has 1 amide bonds. The molecule has 1 aliphatic rings. The molecule has 0 aliphatic carbocycles. The fourth-order valence-electron chi connectivity index (χ4n) is 3.43. The first-order valence-electron chi connectivity index (χ1n) is 9.84. The van der Waals surface area contributed by atoms with Gasteiger partial charge in [-0.05, 0) is 57.7 Å². The van der Waals surface area contributed by atoms with Gasteiger partial charge in [-0.25, -0.2) is 9.78 Å². The second-order valence-corrected chi connectivity index (χ2v) is 8.20. The number of nitrogens with zero attached hydrogens (tertiary/aromatic N) is 3. The lowest BCUT2D eigenvalue weighted by Crippen LogP contribution is -2.46. The molecule has 2 aromatic rings. The van der Waals surface area contributed by atoms with Crippen LogP contribution in [0.1, 0.15) is 39.2 Å². The maximum absolute atomic E-state index is 11.9. The van der Waals surface area contributed by atoms with Crippen molar-refractivity contribution in [1.29, 1.82) is 0 Å². The maximum Gasteiger partial charge on any atom is 0.407 e. The van der Waals surface area contributed by atoms with Gasteiger partial charge in [0.2, 0.25) is 5.88 Å². The number of amides is 1. The summed E-state index contributed by atoms with van der Waals surface area (Å²) in [5.74, 6) is 0.607. The third-order valence-electron chi connectivity index (χ3n) is 4.86. The summed E-state index contributed by atoms with van der Waals surface area (Å²) in [4.78, 5) is 23.3. The van der Waals surface area contributed by atoms with Crippen LogP contribution in [0.4, 0.5) is 4.79 Å². The van der Waals surface area contributed by atoms with E-state index in [9.17, 15) is 4.79 Å². The maximum atomic E-state index is 11.9. The predicted molar refractivity (Wildman–Crippen MR) is 109 cm³/mol. The van der Waals surface area contributed by atoms with E-state index in [2.05, 4.69) is 20.2 Å². The Morgan fingerprint density at radius 2 is 2.00 bits per heavy atom. The molecule has 28 heavy (non-hydrogen) atoms. The van der Waals surface area contributed by atoms with Gasteiger partial charge in [0.1, 0.15) is 5.60 Å². The fourth-order valence-corrected chi connectivity index (χ4v) is 3.43. The minimum atomic E-state index is -0.463. The lowest BCUT2D eigenvalue weighted by molar-refractivity contribution is 0.0479. The van der Waals surface area contributed by atoms with Crippen LogP contribution in [0.3, 0.4) is 0 Å². The molecule has 2 aromatic heterocycles. The summed E-state index contributed by atoms with van der Waals surface area (Å²) in [6.07, 6.45) is 4.28. The van der Waals surface area contributed by atoms with Gasteiger partial charge in [0.15, 0.2) is 0 Å². The Hall–Kier alpha value is -2.41. The average Bonchev–Trinajstić information content (AvgIpc) is 2.65. The van der Waals surface area contributed by atoms with E-state index < -0.39 is 5.60 Å². The fraction of sp³-hybridized carbons (Fsp3) is 0.571. The van der Waals surface area contributed by atoms with E-state index in [1.165, 1.54) is 5.56 Å². The van der Waals surface area contributed by atoms with Crippen molar-refractivity contribution in [3.8, 4) is 5.88 Å². The molecule has 0 atom stereocenters. The average molecular weight is 386 g/mol. The number of rotatable bonds is 5. The van der Waals surface area contributed by atoms with E-state index in [-0.39, 0.29) is 12.1 Å². The van der Waals surface area contributed by atoms with E-state index in [0.29, 0.717) is 5.88 Å². The summed E-state index contributed by atoms with van der Waals surface area (Å²) in [6.45, 7) is 8.50. The number of aromatic nitrogens is 2. The Balaban J connectivity index is 1.51. The summed E-state index contributed by atoms with van der Waals surface area (Å²) < 4.78 is 10.6. The number of pyridine rings is 2. The molecule has 0 bridgehead atoms. The second kappa shape index (κ2) is 8.73. The first-order valence-corrected chi connectivity index (χ1v) is 9.84. The van der Waals surface area contributed by atoms with E-state index in [1.807, 2.05) is 45.2 Å². The topological polar surface area (TPSA) is 76.6 Å². The Kier molecular flexibility index (Phi) is 6.34. The lowest BCUT2D eigenvalue weighted by Gasteiger charge is -2.32. The van der Waals surface area contributed by atoms with Crippen molar-refractivity contribution in [1.82, 2.24) is 20.2 Å². The van der Waals surface area contributed by atoms with E-state index in [1.54, 1.807) is 7.11 Å². The summed E-state index contributed by atoms with van der Waals surface area (Å²) in [6, 6.07) is 5.99. The molecule has 7 heteroatoms. The second-order valence-electron chi connectivity index (χ2n) is 8.20. The number of likely N-dealkylation sites (tertiary alicyclic amines) is 1. The number of carbonyl (C=O) groups is 1. The van der Waals surface area contributed by atoms with Crippen molar-refractivity contribution in [2.75, 3.05) is 26.7 Å². The molecule has 0 radical (unpaired) electrons. The number of ether oxygens (including phenoxy) is 2. The highest BCUT2D eigenvalue weighted by Gasteiger charge is 2.23. The minimum absolute atomic E-state index is 0.179. The highest BCUT2D eigenvalue weighted by molar-refractivity contribution is 5.78. The van der Waals surface area contributed by atoms with Gasteiger partial charge in [-0.15, -0.1) is 0 Å². The van der Waals surface area contributed by atoms with Gasteiger partial charge in [0.05, 0.1) is 18.1 Å². The quantitative estimate of drug-likeness (QED) is 0.851. The normalized spacial score (nSPS) is 16.1. The van der Waals surface area contributed by atoms with E-state index >= 15 is 0 Å². The molecule has 152 valence electrons. The molecule has 7 nitrogen and oxygen atoms in total. The highest BCUT2D eigenvalue weighted by Crippen LogP contribution is 2.20. The molecule has 1 fully saturated rings. The minimum Gasteiger partial charge on any atom is -0.481 e. The first kappa shape index (κ1) is 20.3. The number of fused-ring (bicyclic) bond motifs is 1. The van der Waals surface area contributed by atoms with Crippen LogP contribution in [0.2, 0.25) is 0 Å². The van der Waals surface area contributed by atoms with Crippen molar-refractivity contribution < 1.29 is 14.3 Å². The number of methoxy groups -OCH3 is 1.